The Hall–Kier alpha value is -3.49. The molecule has 5 nitrogen and oxygen atoms in total. The summed E-state index contributed by atoms with van der Waals surface area (Å²) in [6.45, 7) is 1.72. The van der Waals surface area contributed by atoms with E-state index in [1.165, 1.54) is 25.3 Å². The third kappa shape index (κ3) is 4.42. The summed E-state index contributed by atoms with van der Waals surface area (Å²) >= 11 is 12.4. The lowest BCUT2D eigenvalue weighted by Gasteiger charge is -2.27. The van der Waals surface area contributed by atoms with Gasteiger partial charge in [-0.25, -0.2) is 0 Å². The highest BCUT2D eigenvalue weighted by atomic mass is 35.5. The fourth-order valence-corrected chi connectivity index (χ4v) is 4.81. The first-order valence-electron chi connectivity index (χ1n) is 10.5. The van der Waals surface area contributed by atoms with Gasteiger partial charge in [-0.3, -0.25) is 14.5 Å². The van der Waals surface area contributed by atoms with E-state index >= 15 is 0 Å². The van der Waals surface area contributed by atoms with Crippen molar-refractivity contribution < 1.29 is 32.6 Å². The molecule has 3 aromatic carbocycles. The lowest BCUT2D eigenvalue weighted by Crippen LogP contribution is -2.30. The molecule has 1 amide bonds. The zero-order valence-corrected chi connectivity index (χ0v) is 20.4. The van der Waals surface area contributed by atoms with Crippen molar-refractivity contribution in [1.29, 1.82) is 0 Å². The molecule has 1 unspecified atom stereocenters. The molecule has 186 valence electrons. The summed E-state index contributed by atoms with van der Waals surface area (Å²) in [7, 11) is 1.35. The standard InChI is InChI=1S/C26H18Cl2F3NO4/c1-13-6-3-4-9-17(13)21-20(22(33)14-10-18(27)24(36-2)19(28)11-14)23(34)25(35)32(21)16-8-5-7-15(12-16)26(29,30)31/h3-12,21,33H,1-2H3/b22-20+. The van der Waals surface area contributed by atoms with Gasteiger partial charge in [-0.1, -0.05) is 53.5 Å². The van der Waals surface area contributed by atoms with Crippen LogP contribution in [0.2, 0.25) is 10.0 Å². The molecule has 1 aliphatic heterocycles. The highest BCUT2D eigenvalue weighted by Gasteiger charge is 2.48. The summed E-state index contributed by atoms with van der Waals surface area (Å²) in [4.78, 5) is 27.4. The third-order valence-electron chi connectivity index (χ3n) is 5.85. The van der Waals surface area contributed by atoms with Crippen LogP contribution in [0.4, 0.5) is 18.9 Å². The normalized spacial score (nSPS) is 17.5. The summed E-state index contributed by atoms with van der Waals surface area (Å²) < 4.78 is 45.4. The van der Waals surface area contributed by atoms with E-state index in [0.29, 0.717) is 11.1 Å². The van der Waals surface area contributed by atoms with Crippen LogP contribution in [0.3, 0.4) is 0 Å². The molecular weight excluding hydrogens is 518 g/mol. The number of aliphatic hydroxyl groups excluding tert-OH is 1. The maximum Gasteiger partial charge on any atom is 0.416 e. The van der Waals surface area contributed by atoms with Crippen molar-refractivity contribution in [3.63, 3.8) is 0 Å². The van der Waals surface area contributed by atoms with E-state index in [9.17, 15) is 27.9 Å². The molecule has 10 heteroatoms. The Morgan fingerprint density at radius 3 is 2.22 bits per heavy atom. The molecule has 0 bridgehead atoms. The molecule has 0 spiro atoms. The first-order chi connectivity index (χ1) is 17.0. The molecule has 0 aromatic heterocycles. The second kappa shape index (κ2) is 9.52. The molecule has 36 heavy (non-hydrogen) atoms. The van der Waals surface area contributed by atoms with Gasteiger partial charge in [0.2, 0.25) is 0 Å². The van der Waals surface area contributed by atoms with Crippen LogP contribution in [0.15, 0.2) is 66.2 Å². The average Bonchev–Trinajstić information content (AvgIpc) is 3.08. The topological polar surface area (TPSA) is 66.8 Å². The molecule has 0 saturated carbocycles. The van der Waals surface area contributed by atoms with E-state index in [1.807, 2.05) is 0 Å². The number of carbonyl (C=O) groups is 2. The summed E-state index contributed by atoms with van der Waals surface area (Å²) in [6.07, 6.45) is -4.67. The number of benzene rings is 3. The van der Waals surface area contributed by atoms with Gasteiger partial charge in [-0.05, 0) is 48.4 Å². The number of ether oxygens (including phenoxy) is 1. The van der Waals surface area contributed by atoms with Gasteiger partial charge in [0.15, 0.2) is 5.75 Å². The number of hydrogen-bond donors (Lipinski definition) is 1. The highest BCUT2D eigenvalue weighted by Crippen LogP contribution is 2.45. The van der Waals surface area contributed by atoms with Crippen LogP contribution in [-0.4, -0.2) is 23.9 Å². The van der Waals surface area contributed by atoms with Crippen molar-refractivity contribution in [3.05, 3.63) is 98.5 Å². The van der Waals surface area contributed by atoms with Gasteiger partial charge in [-0.2, -0.15) is 13.2 Å². The number of carbonyl (C=O) groups excluding carboxylic acids is 2. The van der Waals surface area contributed by atoms with Gasteiger partial charge in [0.1, 0.15) is 5.76 Å². The number of aliphatic hydroxyl groups is 1. The number of anilines is 1. The number of hydrogen-bond acceptors (Lipinski definition) is 4. The first-order valence-corrected chi connectivity index (χ1v) is 11.3. The minimum Gasteiger partial charge on any atom is -0.507 e. The molecule has 1 aliphatic rings. The smallest absolute Gasteiger partial charge is 0.416 e. The van der Waals surface area contributed by atoms with E-state index in [-0.39, 0.29) is 32.6 Å². The van der Waals surface area contributed by atoms with Crippen molar-refractivity contribution in [3.8, 4) is 5.75 Å². The predicted octanol–water partition coefficient (Wildman–Crippen LogP) is 6.96. The zero-order chi connectivity index (χ0) is 26.4. The van der Waals surface area contributed by atoms with Crippen LogP contribution in [0, 0.1) is 6.92 Å². The number of rotatable bonds is 4. The Labute approximate surface area is 214 Å². The van der Waals surface area contributed by atoms with Gasteiger partial charge < -0.3 is 9.84 Å². The van der Waals surface area contributed by atoms with Crippen molar-refractivity contribution in [2.45, 2.75) is 19.1 Å². The molecule has 4 rings (SSSR count). The molecule has 3 aromatic rings. The van der Waals surface area contributed by atoms with Crippen molar-refractivity contribution in [2.24, 2.45) is 0 Å². The Morgan fingerprint density at radius 2 is 1.64 bits per heavy atom. The highest BCUT2D eigenvalue weighted by molar-refractivity contribution is 6.51. The van der Waals surface area contributed by atoms with E-state index in [2.05, 4.69) is 0 Å². The summed E-state index contributed by atoms with van der Waals surface area (Å²) in [5.41, 5.74) is -0.320. The quantitative estimate of drug-likeness (QED) is 0.223. The average molecular weight is 536 g/mol. The van der Waals surface area contributed by atoms with Crippen LogP contribution in [-0.2, 0) is 15.8 Å². The van der Waals surface area contributed by atoms with E-state index in [0.717, 1.165) is 23.1 Å². The second-order valence-corrected chi connectivity index (χ2v) is 8.86. The van der Waals surface area contributed by atoms with E-state index < -0.39 is 35.2 Å². The minimum atomic E-state index is -4.67. The molecule has 1 heterocycles. The van der Waals surface area contributed by atoms with Crippen molar-refractivity contribution >= 4 is 46.3 Å². The fourth-order valence-electron chi connectivity index (χ4n) is 4.17. The van der Waals surface area contributed by atoms with Crippen LogP contribution in [0.25, 0.3) is 5.76 Å². The first kappa shape index (κ1) is 25.6. The number of aryl methyl sites for hydroxylation is 1. The monoisotopic (exact) mass is 535 g/mol. The van der Waals surface area contributed by atoms with Gasteiger partial charge in [-0.15, -0.1) is 0 Å². The molecule has 1 atom stereocenters. The van der Waals surface area contributed by atoms with E-state index in [4.69, 9.17) is 27.9 Å². The molecular formula is C26H18Cl2F3NO4. The van der Waals surface area contributed by atoms with Gasteiger partial charge in [0.25, 0.3) is 11.7 Å². The number of nitrogens with zero attached hydrogens (tertiary/aromatic N) is 1. The number of amides is 1. The third-order valence-corrected chi connectivity index (χ3v) is 6.42. The summed E-state index contributed by atoms with van der Waals surface area (Å²) in [5.74, 6) is -2.59. The number of methoxy groups -OCH3 is 1. The number of Topliss-reactive ketones (excluding diaryl/α,β-unsaturated/α-hetero) is 1. The summed E-state index contributed by atoms with van der Waals surface area (Å²) in [6, 6.07) is 12.3. The van der Waals surface area contributed by atoms with Crippen molar-refractivity contribution in [1.82, 2.24) is 0 Å². The van der Waals surface area contributed by atoms with Crippen LogP contribution in [0.5, 0.6) is 5.75 Å². The molecule has 0 aliphatic carbocycles. The maximum atomic E-state index is 13.4. The van der Waals surface area contributed by atoms with Crippen LogP contribution in [0.1, 0.15) is 28.3 Å². The zero-order valence-electron chi connectivity index (χ0n) is 18.9. The molecule has 1 N–H and O–H groups in total. The fraction of sp³-hybridized carbons (Fsp3) is 0.154. The Morgan fingerprint density at radius 1 is 1.00 bits per heavy atom. The largest absolute Gasteiger partial charge is 0.507 e. The van der Waals surface area contributed by atoms with Gasteiger partial charge >= 0.3 is 6.18 Å². The molecule has 1 saturated heterocycles. The lowest BCUT2D eigenvalue weighted by molar-refractivity contribution is -0.137. The molecule has 0 radical (unpaired) electrons. The maximum absolute atomic E-state index is 13.4. The van der Waals surface area contributed by atoms with Crippen LogP contribution >= 0.6 is 23.2 Å². The number of ketones is 1. The van der Waals surface area contributed by atoms with E-state index in [1.54, 1.807) is 31.2 Å². The Bertz CT molecular complexity index is 1400. The van der Waals surface area contributed by atoms with Crippen molar-refractivity contribution in [2.75, 3.05) is 12.0 Å². The Kier molecular flexibility index (Phi) is 6.77. The molecule has 1 fully saturated rings. The SMILES string of the molecule is COc1c(Cl)cc(/C(O)=C2\C(=O)C(=O)N(c3cccc(C(F)(F)F)c3)C2c2ccccc2C)cc1Cl. The summed E-state index contributed by atoms with van der Waals surface area (Å²) in [5, 5.41) is 11.3. The Balaban J connectivity index is 1.99. The predicted molar refractivity (Wildman–Crippen MR) is 130 cm³/mol. The second-order valence-electron chi connectivity index (χ2n) is 8.05. The minimum absolute atomic E-state index is 0.0337. The van der Waals surface area contributed by atoms with Gasteiger partial charge in [0, 0.05) is 11.3 Å². The number of alkyl halides is 3. The van der Waals surface area contributed by atoms with Crippen LogP contribution < -0.4 is 9.64 Å². The lowest BCUT2D eigenvalue weighted by atomic mass is 9.92. The van der Waals surface area contributed by atoms with Gasteiger partial charge in [0.05, 0.1) is 34.3 Å². The number of halogens is 5.